The molecule has 0 rings (SSSR count). The number of halogens is 3. The van der Waals surface area contributed by atoms with Crippen molar-refractivity contribution in [2.24, 2.45) is 0 Å². The molecule has 0 aliphatic rings. The molecule has 4 heteroatoms. The fourth-order valence-corrected chi connectivity index (χ4v) is 0. The Kier molecular flexibility index (Phi) is 9.67. The number of hydrogen-bond acceptors (Lipinski definition) is 1. The average Bonchev–Trinajstić information content (AvgIpc) is 1.38. The highest BCUT2D eigenvalue weighted by molar-refractivity contribution is 6.47. The van der Waals surface area contributed by atoms with Crippen LogP contribution in [0.2, 0.25) is 0 Å². The fraction of sp³-hybridized carbons (Fsp3) is 1.00. The van der Waals surface area contributed by atoms with Gasteiger partial charge in [0, 0.05) is 0 Å². The molecule has 0 saturated carbocycles. The van der Waals surface area contributed by atoms with Gasteiger partial charge < -0.3 is 6.15 Å². The fourth-order valence-electron chi connectivity index (χ4n) is 0. The summed E-state index contributed by atoms with van der Waals surface area (Å²) in [6.07, 6.45) is 0. The van der Waals surface area contributed by atoms with Crippen LogP contribution in [0, 0.1) is 0 Å². The van der Waals surface area contributed by atoms with Gasteiger partial charge in [0.05, 0.1) is 5.88 Å². The van der Waals surface area contributed by atoms with Crippen molar-refractivity contribution in [3.05, 3.63) is 0 Å². The van der Waals surface area contributed by atoms with Crippen molar-refractivity contribution in [2.75, 3.05) is 5.88 Å². The van der Waals surface area contributed by atoms with Gasteiger partial charge in [-0.05, 0) is 0 Å². The van der Waals surface area contributed by atoms with Gasteiger partial charge >= 0.3 is 0 Å². The summed E-state index contributed by atoms with van der Waals surface area (Å²) in [5, 5.41) is 0. The summed E-state index contributed by atoms with van der Waals surface area (Å²) in [6.45, 7) is 0. The quantitative estimate of drug-likeness (QED) is 0.572. The molecule has 0 aromatic heterocycles. The van der Waals surface area contributed by atoms with E-state index < -0.39 is 4.84 Å². The molecule has 0 saturated heterocycles. The molecule has 0 heterocycles. The first kappa shape index (κ1) is 9.95. The minimum atomic E-state index is -0.406. The van der Waals surface area contributed by atoms with E-state index in [-0.39, 0.29) is 6.15 Å². The van der Waals surface area contributed by atoms with Crippen molar-refractivity contribution < 1.29 is 0 Å². The second-order valence-corrected chi connectivity index (χ2v) is 2.13. The standard InChI is InChI=1S/C2H3Cl3.H3N/c3-1-2(4)5;/h2H,1H2;1H3. The Hall–Kier alpha value is 0.830. The van der Waals surface area contributed by atoms with Gasteiger partial charge in [0.1, 0.15) is 4.84 Å². The Bertz CT molecular complexity index is 22.8. The molecule has 0 aliphatic carbocycles. The topological polar surface area (TPSA) is 35.0 Å². The summed E-state index contributed by atoms with van der Waals surface area (Å²) in [7, 11) is 0. The van der Waals surface area contributed by atoms with E-state index in [4.69, 9.17) is 34.8 Å². The number of hydrogen-bond donors (Lipinski definition) is 1. The second-order valence-electron chi connectivity index (χ2n) is 0.545. The van der Waals surface area contributed by atoms with Crippen molar-refractivity contribution >= 4 is 34.8 Å². The van der Waals surface area contributed by atoms with Gasteiger partial charge in [-0.3, -0.25) is 0 Å². The summed E-state index contributed by atoms with van der Waals surface area (Å²) in [5.41, 5.74) is 0. The maximum atomic E-state index is 5.10. The molecule has 0 aromatic carbocycles. The first-order valence-electron chi connectivity index (χ1n) is 1.11. The summed E-state index contributed by atoms with van der Waals surface area (Å²) in [4.78, 5) is -0.406. The van der Waals surface area contributed by atoms with Crippen LogP contribution in [0.25, 0.3) is 0 Å². The number of alkyl halides is 3. The van der Waals surface area contributed by atoms with Crippen LogP contribution in [0.15, 0.2) is 0 Å². The smallest absolute Gasteiger partial charge is 0.121 e. The molecule has 3 N–H and O–H groups in total. The van der Waals surface area contributed by atoms with E-state index in [2.05, 4.69) is 0 Å². The van der Waals surface area contributed by atoms with E-state index in [1.165, 1.54) is 0 Å². The molecular weight excluding hydrogens is 144 g/mol. The maximum Gasteiger partial charge on any atom is 0.121 e. The van der Waals surface area contributed by atoms with E-state index >= 15 is 0 Å². The van der Waals surface area contributed by atoms with E-state index in [1.54, 1.807) is 0 Å². The van der Waals surface area contributed by atoms with Gasteiger partial charge in [0.2, 0.25) is 0 Å². The van der Waals surface area contributed by atoms with Crippen LogP contribution in [0.5, 0.6) is 0 Å². The molecule has 0 atom stereocenters. The highest BCUT2D eigenvalue weighted by Crippen LogP contribution is 2.01. The molecule has 0 spiro atoms. The monoisotopic (exact) mass is 149 g/mol. The van der Waals surface area contributed by atoms with Crippen molar-refractivity contribution in [1.82, 2.24) is 6.15 Å². The third kappa shape index (κ3) is 8.85. The van der Waals surface area contributed by atoms with Crippen LogP contribution >= 0.6 is 34.8 Å². The Morgan fingerprint density at radius 2 is 1.50 bits per heavy atom. The van der Waals surface area contributed by atoms with Gasteiger partial charge in [-0.2, -0.15) is 0 Å². The lowest BCUT2D eigenvalue weighted by Gasteiger charge is -1.82. The lowest BCUT2D eigenvalue weighted by Crippen LogP contribution is -1.82. The minimum absolute atomic E-state index is 0. The van der Waals surface area contributed by atoms with Gasteiger partial charge in [-0.25, -0.2) is 0 Å². The Balaban J connectivity index is 0. The molecule has 40 valence electrons. The van der Waals surface area contributed by atoms with Crippen molar-refractivity contribution in [1.29, 1.82) is 0 Å². The lowest BCUT2D eigenvalue weighted by molar-refractivity contribution is 1.40. The van der Waals surface area contributed by atoms with Gasteiger partial charge in [-0.15, -0.1) is 34.8 Å². The molecule has 0 unspecified atom stereocenters. The highest BCUT2D eigenvalue weighted by atomic mass is 35.5. The predicted octanol–water partition coefficient (Wildman–Crippen LogP) is 2.19. The molecule has 0 bridgehead atoms. The Morgan fingerprint density at radius 3 is 1.50 bits per heavy atom. The van der Waals surface area contributed by atoms with Crippen molar-refractivity contribution in [3.63, 3.8) is 0 Å². The van der Waals surface area contributed by atoms with E-state index in [0.29, 0.717) is 5.88 Å². The van der Waals surface area contributed by atoms with Crippen LogP contribution in [-0.2, 0) is 0 Å². The zero-order valence-corrected chi connectivity index (χ0v) is 5.39. The zero-order chi connectivity index (χ0) is 4.28. The van der Waals surface area contributed by atoms with E-state index in [0.717, 1.165) is 0 Å². The molecule has 0 aromatic rings. The molecule has 0 fully saturated rings. The van der Waals surface area contributed by atoms with Crippen LogP contribution in [-0.4, -0.2) is 10.7 Å². The maximum absolute atomic E-state index is 5.10. The molecule has 1 nitrogen and oxygen atoms in total. The highest BCUT2D eigenvalue weighted by Gasteiger charge is 1.88. The summed E-state index contributed by atoms with van der Waals surface area (Å²) >= 11 is 15.3. The Morgan fingerprint density at radius 1 is 1.33 bits per heavy atom. The van der Waals surface area contributed by atoms with Crippen LogP contribution in [0.1, 0.15) is 0 Å². The van der Waals surface area contributed by atoms with E-state index in [1.807, 2.05) is 0 Å². The Labute approximate surface area is 52.1 Å². The largest absolute Gasteiger partial charge is 0.344 e. The SMILES string of the molecule is ClCC(Cl)Cl.N. The molecular formula is C2H6Cl3N. The molecule has 0 aliphatic heterocycles. The second kappa shape index (κ2) is 5.83. The van der Waals surface area contributed by atoms with E-state index in [9.17, 15) is 0 Å². The average molecular weight is 150 g/mol. The van der Waals surface area contributed by atoms with Crippen molar-refractivity contribution in [3.8, 4) is 0 Å². The molecule has 0 radical (unpaired) electrons. The van der Waals surface area contributed by atoms with Gasteiger partial charge in [-0.1, -0.05) is 0 Å². The summed E-state index contributed by atoms with van der Waals surface area (Å²) < 4.78 is 0. The van der Waals surface area contributed by atoms with Gasteiger partial charge in [0.25, 0.3) is 0 Å². The minimum Gasteiger partial charge on any atom is -0.344 e. The summed E-state index contributed by atoms with van der Waals surface area (Å²) in [6, 6.07) is 0. The first-order valence-corrected chi connectivity index (χ1v) is 2.52. The lowest BCUT2D eigenvalue weighted by atomic mass is 10.9. The van der Waals surface area contributed by atoms with Crippen molar-refractivity contribution in [2.45, 2.75) is 4.84 Å². The first-order chi connectivity index (χ1) is 2.27. The molecule has 6 heavy (non-hydrogen) atoms. The molecule has 0 amide bonds. The van der Waals surface area contributed by atoms with Crippen LogP contribution in [0.4, 0.5) is 0 Å². The normalized spacial score (nSPS) is 8.00. The number of rotatable bonds is 1. The third-order valence-electron chi connectivity index (χ3n) is 0.117. The van der Waals surface area contributed by atoms with Crippen LogP contribution in [0.3, 0.4) is 0 Å². The predicted molar refractivity (Wildman–Crippen MR) is 31.2 cm³/mol. The summed E-state index contributed by atoms with van der Waals surface area (Å²) in [5.74, 6) is 0.309. The zero-order valence-electron chi connectivity index (χ0n) is 3.13. The van der Waals surface area contributed by atoms with Gasteiger partial charge in [0.15, 0.2) is 0 Å². The van der Waals surface area contributed by atoms with Crippen LogP contribution < -0.4 is 6.15 Å². The third-order valence-corrected chi connectivity index (χ3v) is 1.05.